The summed E-state index contributed by atoms with van der Waals surface area (Å²) >= 11 is 0. The Kier molecular flexibility index (Phi) is 7.98. The van der Waals surface area contributed by atoms with E-state index in [1.165, 1.54) is 76.2 Å². The zero-order chi connectivity index (χ0) is 23.6. The Labute approximate surface area is 204 Å². The molecule has 3 aliphatic rings. The lowest BCUT2D eigenvalue weighted by atomic mass is 9.45. The fourth-order valence-electron chi connectivity index (χ4n) is 9.30. The first-order chi connectivity index (χ1) is 15.9. The van der Waals surface area contributed by atoms with E-state index in [1.807, 2.05) is 10.9 Å². The molecule has 3 fully saturated rings. The van der Waals surface area contributed by atoms with Gasteiger partial charge in [0.15, 0.2) is 0 Å². The summed E-state index contributed by atoms with van der Waals surface area (Å²) in [5, 5.41) is 16.0. The molecular formula is C30H52N2O. The van der Waals surface area contributed by atoms with Crippen LogP contribution >= 0.6 is 0 Å². The van der Waals surface area contributed by atoms with Crippen molar-refractivity contribution in [2.24, 2.45) is 40.4 Å². The Hall–Kier alpha value is -0.830. The second-order valence-electron chi connectivity index (χ2n) is 12.7. The molecular weight excluding hydrogens is 404 g/mol. The fourth-order valence-corrected chi connectivity index (χ4v) is 9.30. The van der Waals surface area contributed by atoms with E-state index in [9.17, 15) is 5.11 Å². The van der Waals surface area contributed by atoms with Gasteiger partial charge in [-0.1, -0.05) is 60.3 Å². The zero-order valence-electron chi connectivity index (χ0n) is 22.4. The quantitative estimate of drug-likeness (QED) is 0.392. The summed E-state index contributed by atoms with van der Waals surface area (Å²) in [6.45, 7) is 12.9. The average Bonchev–Trinajstić information content (AvgIpc) is 3.37. The van der Waals surface area contributed by atoms with Crippen LogP contribution in [-0.4, -0.2) is 21.0 Å². The maximum atomic E-state index is 11.4. The molecule has 1 N–H and O–H groups in total. The molecule has 8 unspecified atom stereocenters. The molecule has 0 bridgehead atoms. The highest BCUT2D eigenvalue weighted by Crippen LogP contribution is 2.67. The topological polar surface area (TPSA) is 38.0 Å². The highest BCUT2D eigenvalue weighted by Gasteiger charge is 2.60. The number of aliphatic hydroxyl groups is 1. The first kappa shape index (κ1) is 25.3. The van der Waals surface area contributed by atoms with Crippen molar-refractivity contribution in [3.05, 3.63) is 18.0 Å². The Morgan fingerprint density at radius 3 is 2.58 bits per heavy atom. The zero-order valence-corrected chi connectivity index (χ0v) is 22.4. The van der Waals surface area contributed by atoms with Crippen LogP contribution in [-0.2, 0) is 13.0 Å². The summed E-state index contributed by atoms with van der Waals surface area (Å²) in [6, 6.07) is 0. The summed E-state index contributed by atoms with van der Waals surface area (Å²) in [5.41, 5.74) is 2.15. The van der Waals surface area contributed by atoms with Crippen LogP contribution in [0.15, 0.2) is 12.4 Å². The number of aromatic nitrogens is 2. The largest absolute Gasteiger partial charge is 0.391 e. The summed E-state index contributed by atoms with van der Waals surface area (Å²) in [4.78, 5) is 0. The molecule has 188 valence electrons. The van der Waals surface area contributed by atoms with E-state index < -0.39 is 0 Å². The molecule has 3 nitrogen and oxygen atoms in total. The van der Waals surface area contributed by atoms with Crippen molar-refractivity contribution < 1.29 is 5.11 Å². The number of aliphatic hydroxyl groups excluding tert-OH is 1. The van der Waals surface area contributed by atoms with Crippen molar-refractivity contribution in [2.45, 2.75) is 131 Å². The summed E-state index contributed by atoms with van der Waals surface area (Å²) in [5.74, 6) is 3.97. The fraction of sp³-hybridized carbons (Fsp3) is 0.900. The Bertz CT molecular complexity index is 758. The van der Waals surface area contributed by atoms with Crippen LogP contribution in [0, 0.1) is 40.4 Å². The van der Waals surface area contributed by atoms with Gasteiger partial charge in [0.1, 0.15) is 0 Å². The van der Waals surface area contributed by atoms with Crippen LogP contribution in [0.1, 0.15) is 117 Å². The monoisotopic (exact) mass is 456 g/mol. The van der Waals surface area contributed by atoms with Crippen LogP contribution in [0.3, 0.4) is 0 Å². The van der Waals surface area contributed by atoms with Gasteiger partial charge in [-0.15, -0.1) is 0 Å². The lowest BCUT2D eigenvalue weighted by molar-refractivity contribution is -0.113. The molecule has 3 heteroatoms. The molecule has 1 heterocycles. The molecule has 0 amide bonds. The van der Waals surface area contributed by atoms with E-state index in [4.69, 9.17) is 0 Å². The predicted octanol–water partition coefficient (Wildman–Crippen LogP) is 7.66. The van der Waals surface area contributed by atoms with E-state index in [-0.39, 0.29) is 6.10 Å². The van der Waals surface area contributed by atoms with Gasteiger partial charge in [0.25, 0.3) is 0 Å². The van der Waals surface area contributed by atoms with Gasteiger partial charge < -0.3 is 5.11 Å². The third-order valence-electron chi connectivity index (χ3n) is 10.9. The normalized spacial score (nSPS) is 39.3. The van der Waals surface area contributed by atoms with Crippen molar-refractivity contribution in [3.8, 4) is 0 Å². The van der Waals surface area contributed by atoms with E-state index in [0.717, 1.165) is 36.5 Å². The van der Waals surface area contributed by atoms with Crippen LogP contribution in [0.25, 0.3) is 0 Å². The van der Waals surface area contributed by atoms with E-state index in [1.54, 1.807) is 0 Å². The van der Waals surface area contributed by atoms with Gasteiger partial charge in [0.05, 0.1) is 18.8 Å². The third-order valence-corrected chi connectivity index (χ3v) is 10.9. The van der Waals surface area contributed by atoms with Gasteiger partial charge in [-0.3, -0.25) is 4.68 Å². The molecule has 1 aromatic heterocycles. The molecule has 1 aromatic rings. The average molecular weight is 457 g/mol. The van der Waals surface area contributed by atoms with Gasteiger partial charge in [0.2, 0.25) is 0 Å². The number of hydrogen-bond donors (Lipinski definition) is 1. The predicted molar refractivity (Wildman–Crippen MR) is 138 cm³/mol. The highest BCUT2D eigenvalue weighted by atomic mass is 16.3. The number of aryl methyl sites for hydroxylation is 1. The van der Waals surface area contributed by atoms with E-state index in [0.29, 0.717) is 23.3 Å². The molecule has 33 heavy (non-hydrogen) atoms. The van der Waals surface area contributed by atoms with Crippen LogP contribution in [0.5, 0.6) is 0 Å². The van der Waals surface area contributed by atoms with Gasteiger partial charge in [-0.05, 0) is 104 Å². The van der Waals surface area contributed by atoms with Gasteiger partial charge in [-0.2, -0.15) is 5.10 Å². The Morgan fingerprint density at radius 2 is 1.85 bits per heavy atom. The van der Waals surface area contributed by atoms with Crippen molar-refractivity contribution in [1.82, 2.24) is 9.78 Å². The molecule has 0 aliphatic heterocycles. The SMILES string of the molecule is CCCCC1CCC2C(CCC3(C)C(C(O)Cn4cc(CCC)cn4)CCC23)C1(C)CCC. The molecule has 3 aliphatic carbocycles. The lowest BCUT2D eigenvalue weighted by Crippen LogP contribution is -2.53. The smallest absolute Gasteiger partial charge is 0.0769 e. The van der Waals surface area contributed by atoms with Gasteiger partial charge >= 0.3 is 0 Å². The van der Waals surface area contributed by atoms with E-state index >= 15 is 0 Å². The highest BCUT2D eigenvalue weighted by molar-refractivity contribution is 5.09. The lowest BCUT2D eigenvalue weighted by Gasteiger charge is -2.59. The summed E-state index contributed by atoms with van der Waals surface area (Å²) < 4.78 is 2.01. The first-order valence-electron chi connectivity index (χ1n) is 14.6. The number of fused-ring (bicyclic) bond motifs is 3. The van der Waals surface area contributed by atoms with Gasteiger partial charge in [-0.25, -0.2) is 0 Å². The maximum Gasteiger partial charge on any atom is 0.0769 e. The number of hydrogen-bond acceptors (Lipinski definition) is 2. The molecule has 0 aromatic carbocycles. The van der Waals surface area contributed by atoms with Gasteiger partial charge in [0, 0.05) is 6.20 Å². The van der Waals surface area contributed by atoms with Crippen LogP contribution < -0.4 is 0 Å². The molecule has 4 rings (SSSR count). The molecule has 0 radical (unpaired) electrons. The second-order valence-corrected chi connectivity index (χ2v) is 12.7. The summed E-state index contributed by atoms with van der Waals surface area (Å²) in [6.07, 6.45) is 21.2. The molecule has 3 saturated carbocycles. The minimum atomic E-state index is -0.270. The minimum absolute atomic E-state index is 0.270. The van der Waals surface area contributed by atoms with Crippen molar-refractivity contribution >= 4 is 0 Å². The molecule has 0 spiro atoms. The second kappa shape index (κ2) is 10.4. The number of rotatable bonds is 10. The summed E-state index contributed by atoms with van der Waals surface area (Å²) in [7, 11) is 0. The maximum absolute atomic E-state index is 11.4. The van der Waals surface area contributed by atoms with E-state index in [2.05, 4.69) is 45.9 Å². The molecule has 0 saturated heterocycles. The Balaban J connectivity index is 1.48. The van der Waals surface area contributed by atoms with Crippen LogP contribution in [0.2, 0.25) is 0 Å². The first-order valence-corrected chi connectivity index (χ1v) is 14.6. The molecule has 8 atom stereocenters. The van der Waals surface area contributed by atoms with Crippen molar-refractivity contribution in [1.29, 1.82) is 0 Å². The standard InChI is InChI=1S/C30H52N2O/c1-6-9-11-23-12-13-24-25-14-15-27(28(33)21-32-20-22(10-7-2)19-31-32)30(25,5)18-16-26(24)29(23,4)17-8-3/h19-20,23-28,33H,6-18,21H2,1-5H3. The number of unbranched alkanes of at least 4 members (excludes halogenated alkanes) is 1. The van der Waals surface area contributed by atoms with Crippen molar-refractivity contribution in [3.63, 3.8) is 0 Å². The third kappa shape index (κ3) is 4.69. The van der Waals surface area contributed by atoms with Crippen LogP contribution in [0.4, 0.5) is 0 Å². The Morgan fingerprint density at radius 1 is 1.03 bits per heavy atom. The van der Waals surface area contributed by atoms with Crippen molar-refractivity contribution in [2.75, 3.05) is 0 Å². The number of nitrogens with zero attached hydrogens (tertiary/aromatic N) is 2. The minimum Gasteiger partial charge on any atom is -0.391 e.